The average Bonchev–Trinajstić information content (AvgIpc) is 2.88. The van der Waals surface area contributed by atoms with Crippen molar-refractivity contribution in [2.24, 2.45) is 11.8 Å². The van der Waals surface area contributed by atoms with Crippen molar-refractivity contribution in [3.05, 3.63) is 59.4 Å². The molecule has 0 atom stereocenters. The van der Waals surface area contributed by atoms with Crippen molar-refractivity contribution < 1.29 is 13.9 Å². The van der Waals surface area contributed by atoms with Gasteiger partial charge in [-0.2, -0.15) is 9.65 Å². The number of carbonyl (C=O) groups is 1. The van der Waals surface area contributed by atoms with Gasteiger partial charge in [-0.3, -0.25) is 4.79 Å². The summed E-state index contributed by atoms with van der Waals surface area (Å²) in [5.74, 6) is 0.521. The summed E-state index contributed by atoms with van der Waals surface area (Å²) >= 11 is 0. The highest BCUT2D eigenvalue weighted by molar-refractivity contribution is 5.72. The minimum Gasteiger partial charge on any atom is -0.462 e. The number of ether oxygens (including phenoxy) is 1. The Bertz CT molecular complexity index is 851. The van der Waals surface area contributed by atoms with E-state index in [0.29, 0.717) is 11.8 Å². The Morgan fingerprint density at radius 1 is 1.09 bits per heavy atom. The van der Waals surface area contributed by atoms with Crippen LogP contribution in [0.2, 0.25) is 0 Å². The molecule has 1 aromatic rings. The lowest BCUT2D eigenvalue weighted by molar-refractivity contribution is -0.157. The zero-order chi connectivity index (χ0) is 24.2. The second-order valence-corrected chi connectivity index (χ2v) is 10.1. The third kappa shape index (κ3) is 8.42. The third-order valence-electron chi connectivity index (χ3n) is 7.63. The van der Waals surface area contributed by atoms with E-state index < -0.39 is 5.83 Å². The van der Waals surface area contributed by atoms with E-state index in [4.69, 9.17) is 10.00 Å². The van der Waals surface area contributed by atoms with Gasteiger partial charge in [0, 0.05) is 0 Å². The van der Waals surface area contributed by atoms with Crippen LogP contribution in [0.15, 0.2) is 48.3 Å². The number of hydrogen-bond donors (Lipinski definition) is 0. The SMILES string of the molecule is CCCCc1ccc(C2CCC(C(=O)OC3CCC(CCC=CC=C(F)C#N)CC3)CC2)cc1. The maximum atomic E-state index is 12.8. The van der Waals surface area contributed by atoms with E-state index in [2.05, 4.69) is 31.2 Å². The van der Waals surface area contributed by atoms with Crippen LogP contribution in [0.5, 0.6) is 0 Å². The Kier molecular flexibility index (Phi) is 10.9. The van der Waals surface area contributed by atoms with Gasteiger partial charge in [-0.25, -0.2) is 0 Å². The van der Waals surface area contributed by atoms with Crippen LogP contribution in [0.4, 0.5) is 4.39 Å². The monoisotopic (exact) mass is 465 g/mol. The molecule has 0 amide bonds. The van der Waals surface area contributed by atoms with Crippen molar-refractivity contribution in [1.82, 2.24) is 0 Å². The van der Waals surface area contributed by atoms with Crippen LogP contribution in [-0.2, 0) is 16.0 Å². The molecule has 2 saturated carbocycles. The number of benzene rings is 1. The minimum absolute atomic E-state index is 0.0195. The summed E-state index contributed by atoms with van der Waals surface area (Å²) in [6.45, 7) is 2.23. The van der Waals surface area contributed by atoms with Crippen LogP contribution in [0, 0.1) is 23.2 Å². The molecule has 3 nitrogen and oxygen atoms in total. The molecular weight excluding hydrogens is 425 g/mol. The maximum absolute atomic E-state index is 12.8. The lowest BCUT2D eigenvalue weighted by Gasteiger charge is -2.31. The smallest absolute Gasteiger partial charge is 0.309 e. The number of halogens is 1. The van der Waals surface area contributed by atoms with E-state index >= 15 is 0 Å². The topological polar surface area (TPSA) is 50.1 Å². The number of carbonyl (C=O) groups excluding carboxylic acids is 1. The summed E-state index contributed by atoms with van der Waals surface area (Å²) in [7, 11) is 0. The van der Waals surface area contributed by atoms with E-state index in [-0.39, 0.29) is 18.0 Å². The number of hydrogen-bond acceptors (Lipinski definition) is 3. The molecule has 184 valence electrons. The molecule has 2 fully saturated rings. The van der Waals surface area contributed by atoms with Gasteiger partial charge >= 0.3 is 5.97 Å². The Hall–Kier alpha value is -2.41. The number of nitrogens with zero attached hydrogens (tertiary/aromatic N) is 1. The van der Waals surface area contributed by atoms with Gasteiger partial charge < -0.3 is 4.74 Å². The molecule has 0 aliphatic heterocycles. The molecule has 4 heteroatoms. The number of unbranched alkanes of at least 4 members (excludes halogenated alkanes) is 1. The first-order valence-electron chi connectivity index (χ1n) is 13.3. The number of esters is 1. The molecule has 2 aliphatic rings. The first kappa shape index (κ1) is 26.2. The highest BCUT2D eigenvalue weighted by Crippen LogP contribution is 2.37. The molecule has 0 unspecified atom stereocenters. The van der Waals surface area contributed by atoms with Crippen molar-refractivity contribution in [3.8, 4) is 6.07 Å². The molecule has 0 spiro atoms. The Balaban J connectivity index is 1.33. The number of nitriles is 1. The lowest BCUT2D eigenvalue weighted by atomic mass is 9.78. The van der Waals surface area contributed by atoms with Crippen LogP contribution < -0.4 is 0 Å². The first-order chi connectivity index (χ1) is 16.6. The normalized spacial score (nSPS) is 25.7. The molecule has 0 heterocycles. The Morgan fingerprint density at radius 2 is 1.79 bits per heavy atom. The molecule has 0 aromatic heterocycles. The van der Waals surface area contributed by atoms with Gasteiger partial charge in [0.25, 0.3) is 0 Å². The van der Waals surface area contributed by atoms with Crippen molar-refractivity contribution in [2.45, 2.75) is 102 Å². The van der Waals surface area contributed by atoms with Crippen molar-refractivity contribution >= 4 is 5.97 Å². The molecule has 3 rings (SSSR count). The first-order valence-corrected chi connectivity index (χ1v) is 13.3. The molecule has 0 saturated heterocycles. The fraction of sp³-hybridized carbons (Fsp3) is 0.600. The van der Waals surface area contributed by atoms with Crippen molar-refractivity contribution in [1.29, 1.82) is 5.26 Å². The summed E-state index contributed by atoms with van der Waals surface area (Å²) in [5.41, 5.74) is 2.85. The molecule has 0 bridgehead atoms. The lowest BCUT2D eigenvalue weighted by Crippen LogP contribution is -2.29. The van der Waals surface area contributed by atoms with Gasteiger partial charge in [0.1, 0.15) is 12.2 Å². The summed E-state index contributed by atoms with van der Waals surface area (Å²) in [6, 6.07) is 10.6. The van der Waals surface area contributed by atoms with E-state index in [1.807, 2.05) is 6.08 Å². The number of allylic oxidation sites excluding steroid dienone is 4. The van der Waals surface area contributed by atoms with Crippen LogP contribution >= 0.6 is 0 Å². The van der Waals surface area contributed by atoms with Gasteiger partial charge in [0.2, 0.25) is 0 Å². The highest BCUT2D eigenvalue weighted by Gasteiger charge is 2.31. The van der Waals surface area contributed by atoms with Crippen LogP contribution in [0.1, 0.15) is 101 Å². The zero-order valence-electron chi connectivity index (χ0n) is 20.7. The predicted octanol–water partition coefficient (Wildman–Crippen LogP) is 8.12. The predicted molar refractivity (Wildman–Crippen MR) is 135 cm³/mol. The summed E-state index contributed by atoms with van der Waals surface area (Å²) in [5, 5.41) is 8.39. The Labute approximate surface area is 205 Å². The van der Waals surface area contributed by atoms with E-state index in [9.17, 15) is 9.18 Å². The van der Waals surface area contributed by atoms with Gasteiger partial charge in [0.15, 0.2) is 5.83 Å². The zero-order valence-corrected chi connectivity index (χ0v) is 20.7. The van der Waals surface area contributed by atoms with Crippen molar-refractivity contribution in [2.75, 3.05) is 0 Å². The summed E-state index contributed by atoms with van der Waals surface area (Å²) < 4.78 is 18.7. The summed E-state index contributed by atoms with van der Waals surface area (Å²) in [4.78, 5) is 12.8. The Morgan fingerprint density at radius 3 is 2.44 bits per heavy atom. The van der Waals surface area contributed by atoms with Crippen LogP contribution in [0.3, 0.4) is 0 Å². The maximum Gasteiger partial charge on any atom is 0.309 e. The fourth-order valence-corrected chi connectivity index (χ4v) is 5.42. The van der Waals surface area contributed by atoms with Gasteiger partial charge in [0.05, 0.1) is 5.92 Å². The molecule has 0 radical (unpaired) electrons. The molecule has 2 aliphatic carbocycles. The summed E-state index contributed by atoms with van der Waals surface area (Å²) in [6.07, 6.45) is 18.4. The highest BCUT2D eigenvalue weighted by atomic mass is 19.1. The quantitative estimate of drug-likeness (QED) is 0.199. The fourth-order valence-electron chi connectivity index (χ4n) is 5.42. The molecule has 0 N–H and O–H groups in total. The van der Waals surface area contributed by atoms with Crippen LogP contribution in [0.25, 0.3) is 0 Å². The van der Waals surface area contributed by atoms with Crippen LogP contribution in [-0.4, -0.2) is 12.1 Å². The molecule has 1 aromatic carbocycles. The van der Waals surface area contributed by atoms with E-state index in [1.165, 1.54) is 36.1 Å². The van der Waals surface area contributed by atoms with E-state index in [0.717, 1.165) is 70.6 Å². The van der Waals surface area contributed by atoms with Gasteiger partial charge in [-0.1, -0.05) is 49.8 Å². The largest absolute Gasteiger partial charge is 0.462 e. The van der Waals surface area contributed by atoms with E-state index in [1.54, 1.807) is 6.08 Å². The average molecular weight is 466 g/mol. The van der Waals surface area contributed by atoms with Crippen molar-refractivity contribution in [3.63, 3.8) is 0 Å². The second-order valence-electron chi connectivity index (χ2n) is 10.1. The molecular formula is C30H40FNO2. The third-order valence-corrected chi connectivity index (χ3v) is 7.63. The number of rotatable bonds is 10. The molecule has 34 heavy (non-hydrogen) atoms. The number of aryl methyl sites for hydroxylation is 1. The minimum atomic E-state index is -0.761. The second kappa shape index (κ2) is 14.1. The standard InChI is InChI=1S/C30H40FNO2/c1-2-3-7-23-10-14-25(15-11-23)26-16-18-27(19-17-26)30(33)34-29-20-12-24(13-21-29)8-5-4-6-9-28(31)22-32/h4,6,9-11,14-15,24,26-27,29H,2-3,5,7-8,12-13,16-21H2,1H3. The van der Waals surface area contributed by atoms with Gasteiger partial charge in [-0.15, -0.1) is 0 Å². The van der Waals surface area contributed by atoms with Gasteiger partial charge in [-0.05, 0) is 106 Å².